The molecule has 0 N–H and O–H groups in total. The second kappa shape index (κ2) is 8.48. The molecule has 3 atom stereocenters. The highest BCUT2D eigenvalue weighted by molar-refractivity contribution is 7.18. The van der Waals surface area contributed by atoms with Gasteiger partial charge in [0.15, 0.2) is 5.41 Å². The molecule has 2 aromatic heterocycles. The van der Waals surface area contributed by atoms with Crippen molar-refractivity contribution in [2.24, 2.45) is 0 Å². The Hall–Kier alpha value is -2.30. The standard InChI is InChI=1S/C26H31FN3OPS/c1-7-23(31)29-13-20(19-12-16(2)33-22(19)15-29)17-10-8-9-11-18(17)21-14-30(25(3,4)5)28-24(21)26(6,27)32/h7-12,14,20H,1,13,15,32H2,2-6H3/t20-,26?/m0/s1. The minimum absolute atomic E-state index is 0.0139. The number of fused-ring (bicyclic) bond motifs is 1. The summed E-state index contributed by atoms with van der Waals surface area (Å²) >= 11 is 1.73. The second-order valence-electron chi connectivity index (χ2n) is 9.88. The highest BCUT2D eigenvalue weighted by atomic mass is 32.1. The van der Waals surface area contributed by atoms with E-state index in [-0.39, 0.29) is 17.4 Å². The quantitative estimate of drug-likeness (QED) is 0.320. The van der Waals surface area contributed by atoms with Crippen molar-refractivity contribution in [2.45, 2.75) is 58.0 Å². The Morgan fingerprint density at radius 2 is 1.94 bits per heavy atom. The number of carbonyl (C=O) groups is 1. The van der Waals surface area contributed by atoms with Crippen LogP contribution in [0.2, 0.25) is 0 Å². The van der Waals surface area contributed by atoms with Crippen molar-refractivity contribution in [2.75, 3.05) is 6.54 Å². The lowest BCUT2D eigenvalue weighted by Crippen LogP contribution is -2.37. The Morgan fingerprint density at radius 1 is 1.24 bits per heavy atom. The van der Waals surface area contributed by atoms with Crippen LogP contribution in [0.25, 0.3) is 11.1 Å². The van der Waals surface area contributed by atoms with Crippen molar-refractivity contribution >= 4 is 26.5 Å². The fourth-order valence-corrected chi connectivity index (χ4v) is 5.77. The van der Waals surface area contributed by atoms with E-state index in [2.05, 4.69) is 60.7 Å². The maximum Gasteiger partial charge on any atom is 0.246 e. The van der Waals surface area contributed by atoms with Crippen LogP contribution in [0.3, 0.4) is 0 Å². The number of aryl methyl sites for hydroxylation is 1. The fourth-order valence-electron chi connectivity index (χ4n) is 4.44. The molecule has 1 aliphatic rings. The monoisotopic (exact) mass is 483 g/mol. The van der Waals surface area contributed by atoms with Crippen LogP contribution in [-0.2, 0) is 22.3 Å². The molecule has 1 amide bonds. The molecular formula is C26H31FN3OPS. The summed E-state index contributed by atoms with van der Waals surface area (Å²) < 4.78 is 17.2. The predicted molar refractivity (Wildman–Crippen MR) is 137 cm³/mol. The minimum Gasteiger partial charge on any atom is -0.333 e. The van der Waals surface area contributed by atoms with Crippen LogP contribution in [0.4, 0.5) is 4.39 Å². The molecule has 4 rings (SSSR count). The zero-order chi connectivity index (χ0) is 24.1. The van der Waals surface area contributed by atoms with E-state index in [4.69, 9.17) is 0 Å². The van der Waals surface area contributed by atoms with E-state index in [1.807, 2.05) is 34.0 Å². The number of rotatable bonds is 4. The lowest BCUT2D eigenvalue weighted by molar-refractivity contribution is -0.127. The van der Waals surface area contributed by atoms with Crippen LogP contribution in [0.15, 0.2) is 49.2 Å². The van der Waals surface area contributed by atoms with Crippen molar-refractivity contribution < 1.29 is 9.18 Å². The third kappa shape index (κ3) is 4.56. The zero-order valence-electron chi connectivity index (χ0n) is 19.9. The van der Waals surface area contributed by atoms with Crippen LogP contribution >= 0.6 is 20.6 Å². The molecular weight excluding hydrogens is 452 g/mol. The second-order valence-corrected chi connectivity index (χ2v) is 12.3. The molecule has 4 nitrogen and oxygen atoms in total. The fraction of sp³-hybridized carbons (Fsp3) is 0.385. The molecule has 0 radical (unpaired) electrons. The number of alkyl halides is 1. The topological polar surface area (TPSA) is 38.1 Å². The Bertz CT molecular complexity index is 1220. The van der Waals surface area contributed by atoms with E-state index >= 15 is 4.39 Å². The Labute approximate surface area is 201 Å². The van der Waals surface area contributed by atoms with E-state index < -0.39 is 5.41 Å². The summed E-state index contributed by atoms with van der Waals surface area (Å²) in [5.74, 6) is -0.0864. The molecule has 0 spiro atoms. The van der Waals surface area contributed by atoms with Crippen molar-refractivity contribution in [3.05, 3.63) is 75.8 Å². The van der Waals surface area contributed by atoms with Gasteiger partial charge in [-0.05, 0) is 63.5 Å². The van der Waals surface area contributed by atoms with E-state index in [0.717, 1.165) is 16.7 Å². The molecule has 1 aliphatic heterocycles. The molecule has 3 heterocycles. The van der Waals surface area contributed by atoms with Gasteiger partial charge >= 0.3 is 0 Å². The largest absolute Gasteiger partial charge is 0.333 e. The van der Waals surface area contributed by atoms with Crippen molar-refractivity contribution in [1.82, 2.24) is 14.7 Å². The van der Waals surface area contributed by atoms with Gasteiger partial charge in [0.2, 0.25) is 5.91 Å². The molecule has 0 saturated carbocycles. The molecule has 2 unspecified atom stereocenters. The van der Waals surface area contributed by atoms with Gasteiger partial charge < -0.3 is 4.90 Å². The lowest BCUT2D eigenvalue weighted by Gasteiger charge is -2.33. The van der Waals surface area contributed by atoms with E-state index in [1.165, 1.54) is 28.3 Å². The summed E-state index contributed by atoms with van der Waals surface area (Å²) in [4.78, 5) is 16.8. The summed E-state index contributed by atoms with van der Waals surface area (Å²) in [6.07, 6.45) is 3.33. The first kappa shape index (κ1) is 23.8. The number of amides is 1. The first-order chi connectivity index (χ1) is 15.4. The highest BCUT2D eigenvalue weighted by Crippen LogP contribution is 2.45. The summed E-state index contributed by atoms with van der Waals surface area (Å²) in [7, 11) is 2.29. The third-order valence-corrected chi connectivity index (χ3v) is 7.38. The van der Waals surface area contributed by atoms with Gasteiger partial charge in [0, 0.05) is 34.0 Å². The van der Waals surface area contributed by atoms with Crippen LogP contribution in [0, 0.1) is 6.92 Å². The van der Waals surface area contributed by atoms with Crippen LogP contribution in [0.1, 0.15) is 60.2 Å². The average Bonchev–Trinajstić information content (AvgIpc) is 3.35. The van der Waals surface area contributed by atoms with Gasteiger partial charge in [0.05, 0.1) is 12.1 Å². The molecule has 0 saturated heterocycles. The van der Waals surface area contributed by atoms with Gasteiger partial charge in [-0.25, -0.2) is 4.39 Å². The first-order valence-electron chi connectivity index (χ1n) is 11.1. The van der Waals surface area contributed by atoms with E-state index in [1.54, 1.807) is 11.3 Å². The Morgan fingerprint density at radius 3 is 2.58 bits per heavy atom. The lowest BCUT2D eigenvalue weighted by atomic mass is 9.83. The van der Waals surface area contributed by atoms with Crippen molar-refractivity contribution in [3.63, 3.8) is 0 Å². The Balaban J connectivity index is 1.91. The molecule has 174 valence electrons. The maximum absolute atomic E-state index is 15.3. The van der Waals surface area contributed by atoms with Gasteiger partial charge in [-0.2, -0.15) is 5.10 Å². The van der Waals surface area contributed by atoms with Gasteiger partial charge in [-0.1, -0.05) is 40.1 Å². The normalized spacial score (nSPS) is 18.0. The van der Waals surface area contributed by atoms with E-state index in [9.17, 15) is 4.79 Å². The van der Waals surface area contributed by atoms with Crippen molar-refractivity contribution in [1.29, 1.82) is 0 Å². The number of aromatic nitrogens is 2. The van der Waals surface area contributed by atoms with Crippen molar-refractivity contribution in [3.8, 4) is 11.1 Å². The molecule has 0 aliphatic carbocycles. The highest BCUT2D eigenvalue weighted by Gasteiger charge is 2.34. The number of benzene rings is 1. The molecule has 0 fully saturated rings. The SMILES string of the molecule is C=CC(=O)N1Cc2sc(C)cc2[C@H](c2ccccc2-c2cn(C(C)(C)C)nc2C(C)(F)P)C1. The van der Waals surface area contributed by atoms with Crippen LogP contribution < -0.4 is 0 Å². The number of hydrogen-bond donors (Lipinski definition) is 0. The van der Waals surface area contributed by atoms with E-state index in [0.29, 0.717) is 18.8 Å². The Kier molecular flexibility index (Phi) is 6.13. The predicted octanol–water partition coefficient (Wildman–Crippen LogP) is 6.35. The molecule has 33 heavy (non-hydrogen) atoms. The minimum atomic E-state index is -1.68. The molecule has 0 bridgehead atoms. The molecule has 7 heteroatoms. The van der Waals surface area contributed by atoms with Gasteiger partial charge in [-0.3, -0.25) is 9.48 Å². The molecule has 3 aromatic rings. The number of thiophene rings is 1. The summed E-state index contributed by atoms with van der Waals surface area (Å²) in [6, 6.07) is 10.3. The number of halogens is 1. The zero-order valence-corrected chi connectivity index (χ0v) is 21.8. The average molecular weight is 484 g/mol. The first-order valence-corrected chi connectivity index (χ1v) is 12.5. The van der Waals surface area contributed by atoms with Gasteiger partial charge in [-0.15, -0.1) is 11.3 Å². The maximum atomic E-state index is 15.3. The van der Waals surface area contributed by atoms with Crippen LogP contribution in [0.5, 0.6) is 0 Å². The number of nitrogens with zero attached hydrogens (tertiary/aromatic N) is 3. The smallest absolute Gasteiger partial charge is 0.246 e. The summed E-state index contributed by atoms with van der Waals surface area (Å²) in [6.45, 7) is 14.6. The number of hydrogen-bond acceptors (Lipinski definition) is 3. The van der Waals surface area contributed by atoms with Crippen LogP contribution in [-0.4, -0.2) is 27.1 Å². The summed E-state index contributed by atoms with van der Waals surface area (Å²) in [5.41, 5.74) is 4.15. The number of carbonyl (C=O) groups excluding carboxylic acids is 1. The summed E-state index contributed by atoms with van der Waals surface area (Å²) in [5, 5.41) is 2.99. The van der Waals surface area contributed by atoms with Gasteiger partial charge in [0.25, 0.3) is 0 Å². The third-order valence-electron chi connectivity index (χ3n) is 6.06. The van der Waals surface area contributed by atoms with Gasteiger partial charge in [0.1, 0.15) is 5.69 Å². The molecule has 1 aromatic carbocycles.